The molecule has 2 rings (SSSR count). The highest BCUT2D eigenvalue weighted by Gasteiger charge is 2.19. The summed E-state index contributed by atoms with van der Waals surface area (Å²) >= 11 is 2.23. The predicted octanol–water partition coefficient (Wildman–Crippen LogP) is 2.34. The largest absolute Gasteiger partial charge is 0.324 e. The van der Waals surface area contributed by atoms with Crippen molar-refractivity contribution in [2.24, 2.45) is 0 Å². The minimum Gasteiger partial charge on any atom is -0.324 e. The van der Waals surface area contributed by atoms with Crippen LogP contribution in [0, 0.1) is 3.57 Å². The van der Waals surface area contributed by atoms with Crippen molar-refractivity contribution in [1.29, 1.82) is 0 Å². The molecule has 1 saturated heterocycles. The Morgan fingerprint density at radius 1 is 1.40 bits per heavy atom. The second-order valence-electron chi connectivity index (χ2n) is 4.92. The average Bonchev–Trinajstić information content (AvgIpc) is 2.42. The lowest BCUT2D eigenvalue weighted by Gasteiger charge is -2.31. The van der Waals surface area contributed by atoms with Gasteiger partial charge >= 0.3 is 0 Å². The van der Waals surface area contributed by atoms with Gasteiger partial charge in [0.05, 0.1) is 12.2 Å². The summed E-state index contributed by atoms with van der Waals surface area (Å²) in [5, 5.41) is 6.32. The van der Waals surface area contributed by atoms with Gasteiger partial charge in [-0.1, -0.05) is 12.1 Å². The van der Waals surface area contributed by atoms with Crippen LogP contribution in [0.2, 0.25) is 0 Å². The molecule has 6 heteroatoms. The average molecular weight is 410 g/mol. The van der Waals surface area contributed by atoms with E-state index in [1.54, 1.807) is 0 Å². The Morgan fingerprint density at radius 3 is 2.70 bits per heavy atom. The number of carbonyl (C=O) groups is 1. The highest BCUT2D eigenvalue weighted by atomic mass is 127. The lowest BCUT2D eigenvalue weighted by atomic mass is 10.1. The van der Waals surface area contributed by atoms with E-state index >= 15 is 0 Å². The van der Waals surface area contributed by atoms with Crippen LogP contribution in [0.3, 0.4) is 0 Å². The van der Waals surface area contributed by atoms with Crippen LogP contribution >= 0.6 is 35.0 Å². The predicted molar refractivity (Wildman–Crippen MR) is 93.6 cm³/mol. The zero-order valence-electron chi connectivity index (χ0n) is 11.6. The number of rotatable bonds is 4. The number of hydrogen-bond donors (Lipinski definition) is 2. The first kappa shape index (κ1) is 17.7. The molecular formula is C14H21ClIN3O. The van der Waals surface area contributed by atoms with Crippen LogP contribution < -0.4 is 10.6 Å². The van der Waals surface area contributed by atoms with Gasteiger partial charge in [0, 0.05) is 9.61 Å². The lowest BCUT2D eigenvalue weighted by molar-refractivity contribution is -0.117. The number of piperidine rings is 1. The van der Waals surface area contributed by atoms with Gasteiger partial charge in [-0.15, -0.1) is 12.4 Å². The first-order chi connectivity index (χ1) is 9.16. The number of amides is 1. The highest BCUT2D eigenvalue weighted by Crippen LogP contribution is 2.17. The molecule has 0 bridgehead atoms. The summed E-state index contributed by atoms with van der Waals surface area (Å²) in [6, 6.07) is 8.35. The number of para-hydroxylation sites is 1. The van der Waals surface area contributed by atoms with Crippen LogP contribution in [-0.2, 0) is 4.79 Å². The van der Waals surface area contributed by atoms with Gasteiger partial charge in [-0.3, -0.25) is 9.69 Å². The second kappa shape index (κ2) is 8.81. The number of likely N-dealkylation sites (N-methyl/N-ethyl adjacent to an activating group) is 1. The van der Waals surface area contributed by atoms with Crippen molar-refractivity contribution in [3.05, 3.63) is 27.8 Å². The smallest absolute Gasteiger partial charge is 0.238 e. The number of hydrogen-bond acceptors (Lipinski definition) is 3. The maximum atomic E-state index is 12.0. The fourth-order valence-corrected chi connectivity index (χ4v) is 2.88. The highest BCUT2D eigenvalue weighted by molar-refractivity contribution is 14.1. The molecule has 1 aliphatic rings. The van der Waals surface area contributed by atoms with E-state index in [4.69, 9.17) is 0 Å². The topological polar surface area (TPSA) is 44.4 Å². The number of nitrogens with one attached hydrogen (secondary N) is 2. The molecule has 1 aromatic rings. The lowest BCUT2D eigenvalue weighted by Crippen LogP contribution is -2.44. The standard InChI is InChI=1S/C14H20IN3O.ClH/c1-18(11-6-8-16-9-7-11)10-14(19)17-13-5-3-2-4-12(13)15;/h2-5,11,16H,6-10H2,1H3,(H,17,19);1H. The molecule has 0 radical (unpaired) electrons. The van der Waals surface area contributed by atoms with E-state index in [2.05, 4.69) is 38.1 Å². The van der Waals surface area contributed by atoms with E-state index in [1.165, 1.54) is 0 Å². The molecule has 1 fully saturated rings. The third-order valence-corrected chi connectivity index (χ3v) is 4.41. The van der Waals surface area contributed by atoms with Gasteiger partial charge in [0.2, 0.25) is 5.91 Å². The van der Waals surface area contributed by atoms with Crippen LogP contribution in [0.25, 0.3) is 0 Å². The minimum atomic E-state index is 0. The summed E-state index contributed by atoms with van der Waals surface area (Å²) in [7, 11) is 2.03. The molecule has 0 saturated carbocycles. The van der Waals surface area contributed by atoms with E-state index in [0.717, 1.165) is 35.2 Å². The second-order valence-corrected chi connectivity index (χ2v) is 6.09. The van der Waals surface area contributed by atoms with Crippen LogP contribution in [-0.4, -0.2) is 43.5 Å². The Hall–Kier alpha value is -0.370. The van der Waals surface area contributed by atoms with Gasteiger partial charge in [-0.25, -0.2) is 0 Å². The number of anilines is 1. The van der Waals surface area contributed by atoms with Crippen molar-refractivity contribution in [2.75, 3.05) is 32.0 Å². The molecule has 0 unspecified atom stereocenters. The van der Waals surface area contributed by atoms with Crippen molar-refractivity contribution in [1.82, 2.24) is 10.2 Å². The maximum absolute atomic E-state index is 12.0. The molecule has 0 atom stereocenters. The van der Waals surface area contributed by atoms with E-state index in [9.17, 15) is 4.79 Å². The third-order valence-electron chi connectivity index (χ3n) is 3.47. The molecule has 2 N–H and O–H groups in total. The van der Waals surface area contributed by atoms with Gasteiger partial charge in [0.25, 0.3) is 0 Å². The molecule has 20 heavy (non-hydrogen) atoms. The first-order valence-corrected chi connectivity index (χ1v) is 7.70. The maximum Gasteiger partial charge on any atom is 0.238 e. The van der Waals surface area contributed by atoms with E-state index in [0.29, 0.717) is 12.6 Å². The summed E-state index contributed by atoms with van der Waals surface area (Å²) < 4.78 is 1.07. The third kappa shape index (κ3) is 5.20. The van der Waals surface area contributed by atoms with E-state index < -0.39 is 0 Å². The Balaban J connectivity index is 0.00000200. The van der Waals surface area contributed by atoms with Crippen molar-refractivity contribution in [3.8, 4) is 0 Å². The summed E-state index contributed by atoms with van der Waals surface area (Å²) in [4.78, 5) is 14.2. The molecule has 0 aliphatic carbocycles. The van der Waals surface area contributed by atoms with Crippen LogP contribution in [0.1, 0.15) is 12.8 Å². The summed E-state index contributed by atoms with van der Waals surface area (Å²) in [5.74, 6) is 0.0603. The van der Waals surface area contributed by atoms with Gasteiger partial charge < -0.3 is 10.6 Å². The molecule has 1 heterocycles. The zero-order valence-corrected chi connectivity index (χ0v) is 14.5. The zero-order chi connectivity index (χ0) is 13.7. The summed E-state index contributed by atoms with van der Waals surface area (Å²) in [6.07, 6.45) is 2.24. The Bertz CT molecular complexity index is 438. The monoisotopic (exact) mass is 409 g/mol. The van der Waals surface area contributed by atoms with Crippen molar-refractivity contribution < 1.29 is 4.79 Å². The van der Waals surface area contributed by atoms with E-state index in [1.807, 2.05) is 31.3 Å². The Kier molecular flexibility index (Phi) is 7.79. The normalized spacial score (nSPS) is 15.8. The number of carbonyl (C=O) groups excluding carboxylic acids is 1. The Morgan fingerprint density at radius 2 is 2.05 bits per heavy atom. The van der Waals surface area contributed by atoms with Crippen molar-refractivity contribution >= 4 is 46.6 Å². The molecule has 1 aliphatic heterocycles. The van der Waals surface area contributed by atoms with Gasteiger partial charge in [-0.05, 0) is 67.7 Å². The SMILES string of the molecule is CN(CC(=O)Nc1ccccc1I)C1CCNCC1.Cl. The molecular weight excluding hydrogens is 389 g/mol. The molecule has 0 spiro atoms. The molecule has 112 valence electrons. The van der Waals surface area contributed by atoms with Crippen LogP contribution in [0.5, 0.6) is 0 Å². The van der Waals surface area contributed by atoms with Crippen molar-refractivity contribution in [3.63, 3.8) is 0 Å². The van der Waals surface area contributed by atoms with Gasteiger partial charge in [0.1, 0.15) is 0 Å². The molecule has 0 aromatic heterocycles. The van der Waals surface area contributed by atoms with Crippen molar-refractivity contribution in [2.45, 2.75) is 18.9 Å². The molecule has 4 nitrogen and oxygen atoms in total. The Labute approximate surface area is 140 Å². The number of benzene rings is 1. The summed E-state index contributed by atoms with van der Waals surface area (Å²) in [6.45, 7) is 2.55. The molecule has 1 amide bonds. The van der Waals surface area contributed by atoms with Gasteiger partial charge in [-0.2, -0.15) is 0 Å². The first-order valence-electron chi connectivity index (χ1n) is 6.62. The minimum absolute atomic E-state index is 0. The molecule has 1 aromatic carbocycles. The van der Waals surface area contributed by atoms with Gasteiger partial charge in [0.15, 0.2) is 0 Å². The number of halogens is 2. The fraction of sp³-hybridized carbons (Fsp3) is 0.500. The summed E-state index contributed by atoms with van der Waals surface area (Å²) in [5.41, 5.74) is 0.895. The van der Waals surface area contributed by atoms with E-state index in [-0.39, 0.29) is 18.3 Å². The fourth-order valence-electron chi connectivity index (χ4n) is 2.36. The van der Waals surface area contributed by atoms with Crippen LogP contribution in [0.15, 0.2) is 24.3 Å². The number of nitrogens with zero attached hydrogens (tertiary/aromatic N) is 1. The van der Waals surface area contributed by atoms with Crippen LogP contribution in [0.4, 0.5) is 5.69 Å². The quantitative estimate of drug-likeness (QED) is 0.750.